The van der Waals surface area contributed by atoms with Crippen molar-refractivity contribution in [2.45, 2.75) is 44.4 Å². The van der Waals surface area contributed by atoms with Crippen LogP contribution in [0.4, 0.5) is 0 Å². The third-order valence-corrected chi connectivity index (χ3v) is 4.90. The lowest BCUT2D eigenvalue weighted by Crippen LogP contribution is -2.38. The maximum Gasteiger partial charge on any atom is 0.0809 e. The summed E-state index contributed by atoms with van der Waals surface area (Å²) in [7, 11) is 1.81. The third kappa shape index (κ3) is 2.66. The molecule has 0 aliphatic heterocycles. The maximum absolute atomic E-state index is 5.54. The molecule has 3 nitrogen and oxygen atoms in total. The summed E-state index contributed by atoms with van der Waals surface area (Å²) in [5.41, 5.74) is 2.35. The minimum Gasteiger partial charge on any atom is -0.380 e. The quantitative estimate of drug-likeness (QED) is 0.928. The van der Waals surface area contributed by atoms with Gasteiger partial charge in [-0.05, 0) is 49.3 Å². The van der Waals surface area contributed by atoms with Gasteiger partial charge in [0.25, 0.3) is 0 Å². The number of hydrogen-bond donors (Lipinski definition) is 1. The zero-order valence-corrected chi connectivity index (χ0v) is 12.2. The Morgan fingerprint density at radius 2 is 2.37 bits per heavy atom. The average Bonchev–Trinajstić information content (AvgIpc) is 3.05. The van der Waals surface area contributed by atoms with Crippen molar-refractivity contribution < 1.29 is 4.74 Å². The largest absolute Gasteiger partial charge is 0.380 e. The molecule has 1 saturated carbocycles. The van der Waals surface area contributed by atoms with Gasteiger partial charge in [0.2, 0.25) is 0 Å². The average molecular weight is 276 g/mol. The van der Waals surface area contributed by atoms with E-state index in [-0.39, 0.29) is 0 Å². The van der Waals surface area contributed by atoms with Crippen LogP contribution in [0.1, 0.15) is 37.8 Å². The molecule has 3 unspecified atom stereocenters. The van der Waals surface area contributed by atoms with E-state index in [1.54, 1.807) is 11.3 Å². The molecule has 2 aromatic rings. The molecule has 2 heterocycles. The van der Waals surface area contributed by atoms with Gasteiger partial charge in [0, 0.05) is 25.4 Å². The second-order valence-electron chi connectivity index (χ2n) is 5.27. The minimum absolute atomic E-state index is 0.319. The molecule has 1 N–H and O–H groups in total. The lowest BCUT2D eigenvalue weighted by molar-refractivity contribution is 0.0819. The number of aromatic nitrogens is 1. The van der Waals surface area contributed by atoms with Gasteiger partial charge < -0.3 is 10.1 Å². The standard InChI is InChI=1S/C15H20N2OS/c1-10(17-12-4-3-5-14(12)18-2)11-8-15-13(16-9-11)6-7-19-15/h6-10,12,14,17H,3-5H2,1-2H3. The monoisotopic (exact) mass is 276 g/mol. The second-order valence-corrected chi connectivity index (χ2v) is 6.22. The number of ether oxygens (including phenoxy) is 1. The zero-order valence-electron chi connectivity index (χ0n) is 11.4. The van der Waals surface area contributed by atoms with Crippen molar-refractivity contribution in [1.82, 2.24) is 10.3 Å². The van der Waals surface area contributed by atoms with Gasteiger partial charge in [-0.2, -0.15) is 0 Å². The van der Waals surface area contributed by atoms with Gasteiger partial charge in [0.1, 0.15) is 0 Å². The van der Waals surface area contributed by atoms with E-state index in [1.807, 2.05) is 13.3 Å². The molecule has 1 fully saturated rings. The molecule has 3 atom stereocenters. The molecule has 0 amide bonds. The predicted molar refractivity (Wildman–Crippen MR) is 79.6 cm³/mol. The number of fused-ring (bicyclic) bond motifs is 1. The van der Waals surface area contributed by atoms with Gasteiger partial charge in [-0.25, -0.2) is 0 Å². The van der Waals surface area contributed by atoms with Gasteiger partial charge in [0.05, 0.1) is 16.3 Å². The van der Waals surface area contributed by atoms with E-state index in [2.05, 4.69) is 34.7 Å². The van der Waals surface area contributed by atoms with E-state index in [0.29, 0.717) is 18.2 Å². The van der Waals surface area contributed by atoms with Gasteiger partial charge in [-0.1, -0.05) is 0 Å². The molecule has 3 rings (SSSR count). The minimum atomic E-state index is 0.319. The highest BCUT2D eigenvalue weighted by atomic mass is 32.1. The molecule has 0 saturated heterocycles. The topological polar surface area (TPSA) is 34.1 Å². The number of pyridine rings is 1. The fraction of sp³-hybridized carbons (Fsp3) is 0.533. The normalized spacial score (nSPS) is 24.9. The first-order valence-corrected chi connectivity index (χ1v) is 7.78. The number of nitrogens with zero attached hydrogens (tertiary/aromatic N) is 1. The summed E-state index contributed by atoms with van der Waals surface area (Å²) < 4.78 is 6.81. The van der Waals surface area contributed by atoms with E-state index in [9.17, 15) is 0 Å². The highest BCUT2D eigenvalue weighted by Crippen LogP contribution is 2.26. The molecular weight excluding hydrogens is 256 g/mol. The molecule has 1 aliphatic carbocycles. The van der Waals surface area contributed by atoms with Gasteiger partial charge in [0.15, 0.2) is 0 Å². The SMILES string of the molecule is COC1CCCC1NC(C)c1cnc2ccsc2c1. The Bertz CT molecular complexity index is 554. The van der Waals surface area contributed by atoms with Crippen molar-refractivity contribution in [2.75, 3.05) is 7.11 Å². The van der Waals surface area contributed by atoms with Crippen LogP contribution in [0.15, 0.2) is 23.7 Å². The van der Waals surface area contributed by atoms with Crippen molar-refractivity contribution >= 4 is 21.6 Å². The van der Waals surface area contributed by atoms with Crippen LogP contribution in [0.3, 0.4) is 0 Å². The molecule has 1 aliphatic rings. The highest BCUT2D eigenvalue weighted by Gasteiger charge is 2.28. The van der Waals surface area contributed by atoms with Gasteiger partial charge in [-0.3, -0.25) is 4.98 Å². The Hall–Kier alpha value is -0.970. The molecular formula is C15H20N2OS. The van der Waals surface area contributed by atoms with Gasteiger partial charge >= 0.3 is 0 Å². The van der Waals surface area contributed by atoms with Crippen LogP contribution >= 0.6 is 11.3 Å². The van der Waals surface area contributed by atoms with Crippen molar-refractivity contribution in [3.05, 3.63) is 29.3 Å². The Morgan fingerprint density at radius 1 is 1.47 bits per heavy atom. The molecule has 102 valence electrons. The molecule has 0 aromatic carbocycles. The van der Waals surface area contributed by atoms with Crippen molar-refractivity contribution in [1.29, 1.82) is 0 Å². The van der Waals surface area contributed by atoms with Crippen molar-refractivity contribution in [3.63, 3.8) is 0 Å². The van der Waals surface area contributed by atoms with Crippen LogP contribution in [0.25, 0.3) is 10.2 Å². The van der Waals surface area contributed by atoms with E-state index < -0.39 is 0 Å². The molecule has 0 spiro atoms. The predicted octanol–water partition coefficient (Wildman–Crippen LogP) is 3.51. The van der Waals surface area contributed by atoms with Crippen LogP contribution in [-0.4, -0.2) is 24.2 Å². The number of methoxy groups -OCH3 is 1. The Labute approximate surface area is 118 Å². The van der Waals surface area contributed by atoms with Crippen molar-refractivity contribution in [3.8, 4) is 0 Å². The van der Waals surface area contributed by atoms with Crippen molar-refractivity contribution in [2.24, 2.45) is 0 Å². The number of thiophene rings is 1. The van der Waals surface area contributed by atoms with Crippen LogP contribution in [0.2, 0.25) is 0 Å². The van der Waals surface area contributed by atoms with Crippen LogP contribution in [-0.2, 0) is 4.74 Å². The van der Waals surface area contributed by atoms with E-state index in [4.69, 9.17) is 4.74 Å². The van der Waals surface area contributed by atoms with Gasteiger partial charge in [-0.15, -0.1) is 11.3 Å². The first kappa shape index (κ1) is 13.0. The Morgan fingerprint density at radius 3 is 3.21 bits per heavy atom. The molecule has 0 bridgehead atoms. The zero-order chi connectivity index (χ0) is 13.2. The van der Waals surface area contributed by atoms with Crippen LogP contribution in [0.5, 0.6) is 0 Å². The highest BCUT2D eigenvalue weighted by molar-refractivity contribution is 7.17. The number of rotatable bonds is 4. The number of nitrogens with one attached hydrogen (secondary N) is 1. The summed E-state index contributed by atoms with van der Waals surface area (Å²) in [6.07, 6.45) is 5.98. The maximum atomic E-state index is 5.54. The van der Waals surface area contributed by atoms with E-state index in [0.717, 1.165) is 5.52 Å². The molecule has 2 aromatic heterocycles. The summed E-state index contributed by atoms with van der Waals surface area (Å²) >= 11 is 1.75. The lowest BCUT2D eigenvalue weighted by atomic mass is 10.1. The lowest BCUT2D eigenvalue weighted by Gasteiger charge is -2.24. The summed E-state index contributed by atoms with van der Waals surface area (Å²) in [4.78, 5) is 4.52. The second kappa shape index (κ2) is 5.57. The Kier molecular flexibility index (Phi) is 3.82. The third-order valence-electron chi connectivity index (χ3n) is 4.04. The Balaban J connectivity index is 1.73. The van der Waals surface area contributed by atoms with E-state index in [1.165, 1.54) is 29.5 Å². The first-order valence-electron chi connectivity index (χ1n) is 6.90. The smallest absolute Gasteiger partial charge is 0.0809 e. The van der Waals surface area contributed by atoms with Crippen LogP contribution < -0.4 is 5.32 Å². The molecule has 4 heteroatoms. The van der Waals surface area contributed by atoms with E-state index >= 15 is 0 Å². The summed E-state index contributed by atoms with van der Waals surface area (Å²) in [6.45, 7) is 2.21. The fourth-order valence-corrected chi connectivity index (χ4v) is 3.70. The first-order chi connectivity index (χ1) is 9.28. The summed E-state index contributed by atoms with van der Waals surface area (Å²) in [6, 6.07) is 5.11. The summed E-state index contributed by atoms with van der Waals surface area (Å²) in [5, 5.41) is 5.79. The molecule has 0 radical (unpaired) electrons. The fourth-order valence-electron chi connectivity index (χ4n) is 2.91. The number of hydrogen-bond acceptors (Lipinski definition) is 4. The van der Waals surface area contributed by atoms with Crippen LogP contribution in [0, 0.1) is 0 Å². The summed E-state index contributed by atoms with van der Waals surface area (Å²) in [5.74, 6) is 0. The molecule has 19 heavy (non-hydrogen) atoms.